The summed E-state index contributed by atoms with van der Waals surface area (Å²) in [5.41, 5.74) is 1.59. The molecule has 1 N–H and O–H groups in total. The molecule has 0 atom stereocenters. The predicted molar refractivity (Wildman–Crippen MR) is 105 cm³/mol. The van der Waals surface area contributed by atoms with Gasteiger partial charge in [0.2, 0.25) is 5.91 Å². The van der Waals surface area contributed by atoms with Gasteiger partial charge in [0.05, 0.1) is 11.8 Å². The van der Waals surface area contributed by atoms with Crippen LogP contribution in [0.25, 0.3) is 0 Å². The first-order valence-corrected chi connectivity index (χ1v) is 9.68. The smallest absolute Gasteiger partial charge is 0.254 e. The predicted octanol–water partition coefficient (Wildman–Crippen LogP) is 2.67. The molecule has 2 heterocycles. The Hall–Kier alpha value is -2.34. The maximum absolute atomic E-state index is 12.4. The summed E-state index contributed by atoms with van der Waals surface area (Å²) in [6.45, 7) is 2.12. The van der Waals surface area contributed by atoms with Crippen molar-refractivity contribution in [1.29, 1.82) is 0 Å². The zero-order valence-corrected chi connectivity index (χ0v) is 16.3. The quantitative estimate of drug-likeness (QED) is 0.827. The summed E-state index contributed by atoms with van der Waals surface area (Å²) in [5, 5.41) is 7.69. The highest BCUT2D eigenvalue weighted by molar-refractivity contribution is 6.31. The number of nitrogens with zero attached hydrogens (tertiary/aromatic N) is 3. The molecule has 2 amide bonds. The Morgan fingerprint density at radius 3 is 2.67 bits per heavy atom. The lowest BCUT2D eigenvalue weighted by Gasteiger charge is -2.32. The van der Waals surface area contributed by atoms with Crippen LogP contribution in [0.3, 0.4) is 0 Å². The maximum atomic E-state index is 12.4. The Morgan fingerprint density at radius 1 is 1.26 bits per heavy atom. The second kappa shape index (κ2) is 9.04. The average molecular weight is 389 g/mol. The maximum Gasteiger partial charge on any atom is 0.254 e. The SMILES string of the molecule is Cn1cc(C(=O)NCC2CCN(C(=O)CCc3ccccc3Cl)CC2)cn1. The second-order valence-electron chi connectivity index (χ2n) is 7.03. The number of rotatable bonds is 6. The molecule has 0 unspecified atom stereocenters. The molecular weight excluding hydrogens is 364 g/mol. The monoisotopic (exact) mass is 388 g/mol. The molecule has 0 aliphatic carbocycles. The molecule has 1 saturated heterocycles. The first-order valence-electron chi connectivity index (χ1n) is 9.31. The minimum absolute atomic E-state index is 0.0960. The van der Waals surface area contributed by atoms with Crippen LogP contribution in [-0.2, 0) is 18.3 Å². The lowest BCUT2D eigenvalue weighted by molar-refractivity contribution is -0.132. The van der Waals surface area contributed by atoms with Gasteiger partial charge in [0, 0.05) is 44.3 Å². The summed E-state index contributed by atoms with van der Waals surface area (Å²) in [5.74, 6) is 0.479. The van der Waals surface area contributed by atoms with Gasteiger partial charge in [-0.15, -0.1) is 0 Å². The number of halogens is 1. The molecule has 0 saturated carbocycles. The zero-order valence-electron chi connectivity index (χ0n) is 15.5. The summed E-state index contributed by atoms with van der Waals surface area (Å²) in [6, 6.07) is 7.65. The molecular formula is C20H25ClN4O2. The van der Waals surface area contributed by atoms with E-state index in [1.54, 1.807) is 24.1 Å². The van der Waals surface area contributed by atoms with E-state index in [2.05, 4.69) is 10.4 Å². The topological polar surface area (TPSA) is 67.2 Å². The number of piperidine rings is 1. The van der Waals surface area contributed by atoms with Crippen LogP contribution in [0, 0.1) is 5.92 Å². The number of benzene rings is 1. The molecule has 1 aliphatic heterocycles. The van der Waals surface area contributed by atoms with E-state index in [0.717, 1.165) is 31.5 Å². The molecule has 27 heavy (non-hydrogen) atoms. The van der Waals surface area contributed by atoms with Crippen LogP contribution in [-0.4, -0.2) is 46.1 Å². The van der Waals surface area contributed by atoms with Gasteiger partial charge in [-0.05, 0) is 36.8 Å². The van der Waals surface area contributed by atoms with Crippen LogP contribution in [0.4, 0.5) is 0 Å². The first-order chi connectivity index (χ1) is 13.0. The summed E-state index contributed by atoms with van der Waals surface area (Å²) < 4.78 is 1.61. The van der Waals surface area contributed by atoms with Crippen molar-refractivity contribution in [1.82, 2.24) is 20.0 Å². The molecule has 6 nitrogen and oxygen atoms in total. The van der Waals surface area contributed by atoms with Gasteiger partial charge in [-0.2, -0.15) is 5.10 Å². The van der Waals surface area contributed by atoms with Crippen LogP contribution in [0.2, 0.25) is 5.02 Å². The number of nitrogens with one attached hydrogen (secondary N) is 1. The number of aromatic nitrogens is 2. The van der Waals surface area contributed by atoms with Crippen molar-refractivity contribution in [2.75, 3.05) is 19.6 Å². The number of hydrogen-bond donors (Lipinski definition) is 1. The highest BCUT2D eigenvalue weighted by Gasteiger charge is 2.23. The number of amides is 2. The molecule has 0 bridgehead atoms. The van der Waals surface area contributed by atoms with Gasteiger partial charge in [-0.3, -0.25) is 14.3 Å². The fraction of sp³-hybridized carbons (Fsp3) is 0.450. The van der Waals surface area contributed by atoms with Gasteiger partial charge in [-0.1, -0.05) is 29.8 Å². The standard InChI is InChI=1S/C20H25ClN4O2/c1-24-14-17(13-23-24)20(27)22-12-15-8-10-25(11-9-15)19(26)7-6-16-4-2-3-5-18(16)21/h2-5,13-15H,6-12H2,1H3,(H,22,27). The Kier molecular flexibility index (Phi) is 6.50. The molecule has 1 aromatic carbocycles. The molecule has 7 heteroatoms. The van der Waals surface area contributed by atoms with E-state index in [1.165, 1.54) is 0 Å². The minimum atomic E-state index is -0.0960. The third kappa shape index (κ3) is 5.32. The first kappa shape index (κ1) is 19.4. The molecule has 1 aromatic heterocycles. The van der Waals surface area contributed by atoms with Crippen molar-refractivity contribution < 1.29 is 9.59 Å². The Balaban J connectivity index is 1.38. The highest BCUT2D eigenvalue weighted by Crippen LogP contribution is 2.20. The van der Waals surface area contributed by atoms with Crippen molar-refractivity contribution in [3.05, 3.63) is 52.8 Å². The Bertz CT molecular complexity index is 797. The van der Waals surface area contributed by atoms with Gasteiger partial charge >= 0.3 is 0 Å². The number of carbonyl (C=O) groups excluding carboxylic acids is 2. The summed E-state index contributed by atoms with van der Waals surface area (Å²) in [6.07, 6.45) is 6.23. The lowest BCUT2D eigenvalue weighted by atomic mass is 9.96. The van der Waals surface area contributed by atoms with Gasteiger partial charge in [-0.25, -0.2) is 0 Å². The number of likely N-dealkylation sites (tertiary alicyclic amines) is 1. The van der Waals surface area contributed by atoms with Crippen LogP contribution >= 0.6 is 11.6 Å². The summed E-state index contributed by atoms with van der Waals surface area (Å²) in [7, 11) is 1.79. The van der Waals surface area contributed by atoms with E-state index in [4.69, 9.17) is 11.6 Å². The summed E-state index contributed by atoms with van der Waals surface area (Å²) >= 11 is 6.15. The van der Waals surface area contributed by atoms with Crippen LogP contribution in [0.1, 0.15) is 35.2 Å². The molecule has 0 spiro atoms. The largest absolute Gasteiger partial charge is 0.352 e. The van der Waals surface area contributed by atoms with Gasteiger partial charge < -0.3 is 10.2 Å². The Morgan fingerprint density at radius 2 is 2.00 bits per heavy atom. The Labute approximate surface area is 164 Å². The van der Waals surface area contributed by atoms with E-state index in [9.17, 15) is 9.59 Å². The number of aryl methyl sites for hydroxylation is 2. The third-order valence-electron chi connectivity index (χ3n) is 5.05. The van der Waals surface area contributed by atoms with Crippen LogP contribution < -0.4 is 5.32 Å². The van der Waals surface area contributed by atoms with E-state index < -0.39 is 0 Å². The third-order valence-corrected chi connectivity index (χ3v) is 5.42. The van der Waals surface area contributed by atoms with E-state index in [0.29, 0.717) is 35.9 Å². The van der Waals surface area contributed by atoms with Crippen molar-refractivity contribution >= 4 is 23.4 Å². The molecule has 3 rings (SSSR count). The zero-order chi connectivity index (χ0) is 19.2. The molecule has 1 aliphatic rings. The molecule has 1 fully saturated rings. The van der Waals surface area contributed by atoms with Gasteiger partial charge in [0.1, 0.15) is 0 Å². The number of hydrogen-bond acceptors (Lipinski definition) is 3. The van der Waals surface area contributed by atoms with Crippen molar-refractivity contribution in [2.45, 2.75) is 25.7 Å². The second-order valence-corrected chi connectivity index (χ2v) is 7.44. The van der Waals surface area contributed by atoms with Crippen molar-refractivity contribution in [2.24, 2.45) is 13.0 Å². The highest BCUT2D eigenvalue weighted by atomic mass is 35.5. The average Bonchev–Trinajstić information content (AvgIpc) is 3.12. The fourth-order valence-corrected chi connectivity index (χ4v) is 3.60. The number of carbonyl (C=O) groups is 2. The molecule has 0 radical (unpaired) electrons. The minimum Gasteiger partial charge on any atom is -0.352 e. The molecule has 144 valence electrons. The summed E-state index contributed by atoms with van der Waals surface area (Å²) in [4.78, 5) is 26.5. The van der Waals surface area contributed by atoms with E-state index in [1.807, 2.05) is 29.2 Å². The van der Waals surface area contributed by atoms with Gasteiger partial charge in [0.25, 0.3) is 5.91 Å². The van der Waals surface area contributed by atoms with Crippen molar-refractivity contribution in [3.63, 3.8) is 0 Å². The van der Waals surface area contributed by atoms with Crippen LogP contribution in [0.5, 0.6) is 0 Å². The normalized spacial score (nSPS) is 15.0. The fourth-order valence-electron chi connectivity index (χ4n) is 3.36. The van der Waals surface area contributed by atoms with Gasteiger partial charge in [0.15, 0.2) is 0 Å². The molecule has 2 aromatic rings. The lowest BCUT2D eigenvalue weighted by Crippen LogP contribution is -2.41. The van der Waals surface area contributed by atoms with E-state index >= 15 is 0 Å². The van der Waals surface area contributed by atoms with E-state index in [-0.39, 0.29) is 11.8 Å². The van der Waals surface area contributed by atoms with Crippen molar-refractivity contribution in [3.8, 4) is 0 Å². The van der Waals surface area contributed by atoms with Crippen LogP contribution in [0.15, 0.2) is 36.7 Å².